The fourth-order valence-electron chi connectivity index (χ4n) is 1.99. The average molecular weight is 309 g/mol. The van der Waals surface area contributed by atoms with Gasteiger partial charge in [-0.05, 0) is 34.1 Å². The summed E-state index contributed by atoms with van der Waals surface area (Å²) in [7, 11) is -1.72. The van der Waals surface area contributed by atoms with Crippen LogP contribution in [0.1, 0.15) is 20.8 Å². The normalized spacial score (nSPS) is 16.7. The van der Waals surface area contributed by atoms with Crippen LogP contribution in [-0.2, 0) is 4.43 Å². The van der Waals surface area contributed by atoms with E-state index in [0.717, 1.165) is 18.8 Å². The summed E-state index contributed by atoms with van der Waals surface area (Å²) in [6.07, 6.45) is 1.81. The molecule has 0 aliphatic carbocycles. The van der Waals surface area contributed by atoms with Crippen molar-refractivity contribution in [2.75, 3.05) is 18.0 Å². The Morgan fingerprint density at radius 1 is 1.38 bits per heavy atom. The van der Waals surface area contributed by atoms with Crippen LogP contribution >= 0.6 is 0 Å². The first-order valence-corrected chi connectivity index (χ1v) is 10.0. The van der Waals surface area contributed by atoms with Crippen LogP contribution in [0.3, 0.4) is 0 Å². The van der Waals surface area contributed by atoms with Gasteiger partial charge in [0.1, 0.15) is 0 Å². The van der Waals surface area contributed by atoms with Gasteiger partial charge in [0, 0.05) is 19.2 Å². The monoisotopic (exact) mass is 309 g/mol. The van der Waals surface area contributed by atoms with E-state index in [1.807, 2.05) is 0 Å². The van der Waals surface area contributed by atoms with Crippen molar-refractivity contribution in [1.82, 2.24) is 4.98 Å². The number of pyridine rings is 1. The average Bonchev–Trinajstić information content (AvgIpc) is 2.32. The zero-order chi connectivity index (χ0) is 15.8. The molecule has 2 heterocycles. The first-order chi connectivity index (χ1) is 9.60. The van der Waals surface area contributed by atoms with Crippen LogP contribution in [0, 0.1) is 10.1 Å². The predicted molar refractivity (Wildman–Crippen MR) is 85.2 cm³/mol. The maximum Gasteiger partial charge on any atom is 0.363 e. The second-order valence-corrected chi connectivity index (χ2v) is 11.8. The molecule has 21 heavy (non-hydrogen) atoms. The van der Waals surface area contributed by atoms with E-state index in [-0.39, 0.29) is 17.0 Å². The Bertz CT molecular complexity index is 519. The number of anilines is 1. The maximum atomic E-state index is 10.6. The lowest BCUT2D eigenvalue weighted by Gasteiger charge is -2.47. The van der Waals surface area contributed by atoms with Gasteiger partial charge in [0.15, 0.2) is 14.5 Å². The molecule has 2 rings (SSSR count). The molecule has 1 aliphatic rings. The third kappa shape index (κ3) is 3.41. The highest BCUT2D eigenvalue weighted by Gasteiger charge is 2.42. The SMILES string of the molecule is CC(C)(C)[Si](C)(C)OC1CN(c2ccc([N+](=O)[O-])nc2)C1. The summed E-state index contributed by atoms with van der Waals surface area (Å²) in [6.45, 7) is 12.9. The van der Waals surface area contributed by atoms with Crippen LogP contribution in [-0.4, -0.2) is 37.4 Å². The first-order valence-electron chi connectivity index (χ1n) is 7.13. The summed E-state index contributed by atoms with van der Waals surface area (Å²) in [5.74, 6) is -0.117. The number of nitro groups is 1. The lowest BCUT2D eigenvalue weighted by molar-refractivity contribution is -0.389. The van der Waals surface area contributed by atoms with Crippen molar-refractivity contribution >= 4 is 19.8 Å². The van der Waals surface area contributed by atoms with E-state index < -0.39 is 13.2 Å². The summed E-state index contributed by atoms with van der Waals surface area (Å²) < 4.78 is 6.32. The van der Waals surface area contributed by atoms with Crippen LogP contribution in [0.2, 0.25) is 18.1 Å². The molecule has 0 amide bonds. The summed E-state index contributed by atoms with van der Waals surface area (Å²) in [6, 6.07) is 3.19. The van der Waals surface area contributed by atoms with Crippen LogP contribution in [0.5, 0.6) is 0 Å². The molecule has 1 fully saturated rings. The summed E-state index contributed by atoms with van der Waals surface area (Å²) in [5, 5.41) is 10.8. The summed E-state index contributed by atoms with van der Waals surface area (Å²) in [4.78, 5) is 16.1. The Hall–Kier alpha value is -1.47. The molecule has 0 aromatic carbocycles. The standard InChI is InChI=1S/C14H23N3O3Si/c1-14(2,3)21(4,5)20-12-9-16(10-12)11-6-7-13(15-8-11)17(18)19/h6-8,12H,9-10H2,1-5H3. The predicted octanol–water partition coefficient (Wildman–Crippen LogP) is 3.20. The van der Waals surface area contributed by atoms with Crippen LogP contribution in [0.4, 0.5) is 11.5 Å². The highest BCUT2D eigenvalue weighted by molar-refractivity contribution is 6.74. The van der Waals surface area contributed by atoms with Crippen molar-refractivity contribution in [3.8, 4) is 0 Å². The van der Waals surface area contributed by atoms with Gasteiger partial charge >= 0.3 is 5.82 Å². The van der Waals surface area contributed by atoms with Crippen molar-refractivity contribution in [1.29, 1.82) is 0 Å². The third-order valence-corrected chi connectivity index (χ3v) is 8.93. The van der Waals surface area contributed by atoms with E-state index in [2.05, 4.69) is 43.7 Å². The lowest BCUT2D eigenvalue weighted by Crippen LogP contribution is -2.57. The van der Waals surface area contributed by atoms with E-state index in [9.17, 15) is 10.1 Å². The molecule has 6 nitrogen and oxygen atoms in total. The van der Waals surface area contributed by atoms with Gasteiger partial charge in [0.25, 0.3) is 0 Å². The molecule has 1 aromatic rings. The van der Waals surface area contributed by atoms with Gasteiger partial charge in [-0.15, -0.1) is 0 Å². The fraction of sp³-hybridized carbons (Fsp3) is 0.643. The number of hydrogen-bond acceptors (Lipinski definition) is 5. The van der Waals surface area contributed by atoms with Gasteiger partial charge < -0.3 is 19.4 Å². The molecule has 0 spiro atoms. The second-order valence-electron chi connectivity index (χ2n) is 7.04. The molecule has 1 aromatic heterocycles. The van der Waals surface area contributed by atoms with Gasteiger partial charge in [0.2, 0.25) is 0 Å². The molecule has 1 saturated heterocycles. The molecule has 0 unspecified atom stereocenters. The van der Waals surface area contributed by atoms with Crippen LogP contribution in [0.25, 0.3) is 0 Å². The van der Waals surface area contributed by atoms with Crippen LogP contribution in [0.15, 0.2) is 18.3 Å². The Balaban J connectivity index is 1.91. The largest absolute Gasteiger partial charge is 0.410 e. The van der Waals surface area contributed by atoms with E-state index >= 15 is 0 Å². The molecular formula is C14H23N3O3Si. The quantitative estimate of drug-likeness (QED) is 0.485. The molecule has 0 bridgehead atoms. The zero-order valence-corrected chi connectivity index (χ0v) is 14.3. The fourth-order valence-corrected chi connectivity index (χ4v) is 3.33. The van der Waals surface area contributed by atoms with Gasteiger partial charge in [-0.3, -0.25) is 0 Å². The molecule has 7 heteroatoms. The Kier molecular flexibility index (Phi) is 4.07. The first kappa shape index (κ1) is 15.9. The highest BCUT2D eigenvalue weighted by Crippen LogP contribution is 2.38. The molecule has 0 saturated carbocycles. The van der Waals surface area contributed by atoms with Gasteiger partial charge in [0.05, 0.1) is 11.8 Å². The number of hydrogen-bond donors (Lipinski definition) is 0. The smallest absolute Gasteiger partial charge is 0.363 e. The highest BCUT2D eigenvalue weighted by atomic mass is 28.4. The van der Waals surface area contributed by atoms with Gasteiger partial charge in [-0.25, -0.2) is 0 Å². The van der Waals surface area contributed by atoms with E-state index in [1.54, 1.807) is 12.3 Å². The molecular weight excluding hydrogens is 286 g/mol. The Morgan fingerprint density at radius 3 is 2.43 bits per heavy atom. The minimum Gasteiger partial charge on any atom is -0.410 e. The minimum atomic E-state index is -1.72. The second kappa shape index (κ2) is 5.38. The molecule has 0 radical (unpaired) electrons. The summed E-state index contributed by atoms with van der Waals surface area (Å²) >= 11 is 0. The van der Waals surface area contributed by atoms with E-state index in [1.165, 1.54) is 6.07 Å². The zero-order valence-electron chi connectivity index (χ0n) is 13.3. The molecule has 0 N–H and O–H groups in total. The van der Waals surface area contributed by atoms with Crippen molar-refractivity contribution in [3.05, 3.63) is 28.4 Å². The third-order valence-electron chi connectivity index (χ3n) is 4.40. The van der Waals surface area contributed by atoms with Crippen molar-refractivity contribution < 1.29 is 9.35 Å². The van der Waals surface area contributed by atoms with Crippen molar-refractivity contribution in [3.63, 3.8) is 0 Å². The molecule has 116 valence electrons. The number of aromatic nitrogens is 1. The molecule has 1 aliphatic heterocycles. The molecule has 0 atom stereocenters. The topological polar surface area (TPSA) is 68.5 Å². The Labute approximate surface area is 126 Å². The number of nitrogens with zero attached hydrogens (tertiary/aromatic N) is 3. The number of rotatable bonds is 4. The van der Waals surface area contributed by atoms with Crippen LogP contribution < -0.4 is 4.90 Å². The minimum absolute atomic E-state index is 0.117. The van der Waals surface area contributed by atoms with E-state index in [0.29, 0.717) is 0 Å². The maximum absolute atomic E-state index is 10.6. The summed E-state index contributed by atoms with van der Waals surface area (Å²) in [5.41, 5.74) is 0.913. The lowest BCUT2D eigenvalue weighted by atomic mass is 10.1. The van der Waals surface area contributed by atoms with Gasteiger partial charge in [-0.1, -0.05) is 20.8 Å². The van der Waals surface area contributed by atoms with E-state index in [4.69, 9.17) is 4.43 Å². The van der Waals surface area contributed by atoms with Crippen molar-refractivity contribution in [2.24, 2.45) is 0 Å². The van der Waals surface area contributed by atoms with Gasteiger partial charge in [-0.2, -0.15) is 0 Å². The Morgan fingerprint density at radius 2 is 2.00 bits per heavy atom. The van der Waals surface area contributed by atoms with Crippen molar-refractivity contribution in [2.45, 2.75) is 45.0 Å².